The Morgan fingerprint density at radius 2 is 1.83 bits per heavy atom. The summed E-state index contributed by atoms with van der Waals surface area (Å²) in [4.78, 5) is 24.8. The summed E-state index contributed by atoms with van der Waals surface area (Å²) in [5, 5.41) is 11.0. The van der Waals surface area contributed by atoms with Crippen LogP contribution in [0.1, 0.15) is 47.9 Å². The molecule has 0 aliphatic heterocycles. The quantitative estimate of drug-likeness (QED) is 0.225. The van der Waals surface area contributed by atoms with Gasteiger partial charge >= 0.3 is 0 Å². The van der Waals surface area contributed by atoms with Gasteiger partial charge in [-0.05, 0) is 31.0 Å². The van der Waals surface area contributed by atoms with Gasteiger partial charge in [-0.25, -0.2) is 0 Å². The molecule has 30 heavy (non-hydrogen) atoms. The summed E-state index contributed by atoms with van der Waals surface area (Å²) in [6.45, 7) is 3.67. The van der Waals surface area contributed by atoms with Crippen molar-refractivity contribution < 1.29 is 9.59 Å². The number of hydrogen-bond donors (Lipinski definition) is 1. The van der Waals surface area contributed by atoms with Crippen LogP contribution in [0.3, 0.4) is 0 Å². The van der Waals surface area contributed by atoms with Gasteiger partial charge in [0.05, 0.1) is 0 Å². The zero-order valence-corrected chi connectivity index (χ0v) is 19.3. The average molecular weight is 458 g/mol. The standard InChI is InChI=1S/C22H23N3O2S3/c1-3-4-13-28-21-24-25-22(30-21)29-19(16-9-6-5-7-10-16)20(27)23-18-12-8-11-17(14-18)15(2)26/h5-12,14,19H,3-4,13H2,1-2H3,(H,23,27). The molecule has 0 spiro atoms. The zero-order chi connectivity index (χ0) is 21.3. The molecule has 0 saturated carbocycles. The summed E-state index contributed by atoms with van der Waals surface area (Å²) in [5.41, 5.74) is 2.05. The maximum atomic E-state index is 13.2. The number of aromatic nitrogens is 2. The second kappa shape index (κ2) is 11.3. The Kier molecular flexibility index (Phi) is 8.48. The average Bonchev–Trinajstić information content (AvgIpc) is 3.20. The number of thioether (sulfide) groups is 2. The molecule has 3 aromatic rings. The predicted octanol–water partition coefficient (Wildman–Crippen LogP) is 6.11. The van der Waals surface area contributed by atoms with Crippen molar-refractivity contribution in [2.24, 2.45) is 0 Å². The molecule has 1 N–H and O–H groups in total. The lowest BCUT2D eigenvalue weighted by Gasteiger charge is -2.16. The molecule has 0 aliphatic carbocycles. The molecule has 1 unspecified atom stereocenters. The second-order valence-electron chi connectivity index (χ2n) is 6.57. The van der Waals surface area contributed by atoms with Crippen molar-refractivity contribution in [3.05, 3.63) is 65.7 Å². The number of hydrogen-bond acceptors (Lipinski definition) is 7. The van der Waals surface area contributed by atoms with Crippen molar-refractivity contribution in [2.45, 2.75) is 40.6 Å². The Hall–Kier alpha value is -2.16. The lowest BCUT2D eigenvalue weighted by atomic mass is 10.1. The van der Waals surface area contributed by atoms with Gasteiger partial charge in [0, 0.05) is 17.0 Å². The highest BCUT2D eigenvalue weighted by Gasteiger charge is 2.24. The Morgan fingerprint density at radius 3 is 2.57 bits per heavy atom. The van der Waals surface area contributed by atoms with E-state index >= 15 is 0 Å². The lowest BCUT2D eigenvalue weighted by molar-refractivity contribution is -0.115. The minimum atomic E-state index is -0.478. The molecule has 0 radical (unpaired) electrons. The van der Waals surface area contributed by atoms with Gasteiger partial charge in [0.15, 0.2) is 14.5 Å². The van der Waals surface area contributed by atoms with Gasteiger partial charge in [-0.1, -0.05) is 90.7 Å². The van der Waals surface area contributed by atoms with Gasteiger partial charge in [-0.2, -0.15) is 0 Å². The fourth-order valence-corrected chi connectivity index (χ4v) is 6.00. The number of nitrogens with one attached hydrogen (secondary N) is 1. The SMILES string of the molecule is CCCCSc1nnc(SC(C(=O)Nc2cccc(C(C)=O)c2)c2ccccc2)s1. The summed E-state index contributed by atoms with van der Waals surface area (Å²) in [7, 11) is 0. The monoisotopic (exact) mass is 457 g/mol. The summed E-state index contributed by atoms with van der Waals surface area (Å²) in [6, 6.07) is 16.6. The lowest BCUT2D eigenvalue weighted by Crippen LogP contribution is -2.19. The van der Waals surface area contributed by atoms with E-state index in [1.807, 2.05) is 30.3 Å². The number of Topliss-reactive ketones (excluding diaryl/α,β-unsaturated/α-hetero) is 1. The fourth-order valence-electron chi connectivity index (χ4n) is 2.63. The van der Waals surface area contributed by atoms with E-state index in [1.54, 1.807) is 36.0 Å². The Morgan fingerprint density at radius 1 is 1.07 bits per heavy atom. The molecule has 0 saturated heterocycles. The molecule has 0 bridgehead atoms. The van der Waals surface area contributed by atoms with Crippen molar-refractivity contribution in [3.63, 3.8) is 0 Å². The Labute approximate surface area is 189 Å². The summed E-state index contributed by atoms with van der Waals surface area (Å²) in [6.07, 6.45) is 2.29. The number of carbonyl (C=O) groups is 2. The number of ketones is 1. The van der Waals surface area contributed by atoms with Crippen LogP contribution in [-0.2, 0) is 4.79 Å². The maximum Gasteiger partial charge on any atom is 0.242 e. The normalized spacial score (nSPS) is 11.8. The first-order valence-corrected chi connectivity index (χ1v) is 12.3. The number of carbonyl (C=O) groups excluding carboxylic acids is 2. The topological polar surface area (TPSA) is 72.0 Å². The summed E-state index contributed by atoms with van der Waals surface area (Å²) < 4.78 is 1.68. The van der Waals surface area contributed by atoms with Crippen LogP contribution in [0.15, 0.2) is 63.3 Å². The van der Waals surface area contributed by atoms with Crippen molar-refractivity contribution in [1.82, 2.24) is 10.2 Å². The van der Waals surface area contributed by atoms with E-state index in [2.05, 4.69) is 22.4 Å². The number of rotatable bonds is 10. The molecule has 5 nitrogen and oxygen atoms in total. The van der Waals surface area contributed by atoms with Gasteiger partial charge in [0.1, 0.15) is 5.25 Å². The van der Waals surface area contributed by atoms with E-state index in [-0.39, 0.29) is 11.7 Å². The number of amides is 1. The van der Waals surface area contributed by atoms with E-state index in [1.165, 1.54) is 30.0 Å². The van der Waals surface area contributed by atoms with Crippen LogP contribution in [-0.4, -0.2) is 27.6 Å². The molecule has 1 aromatic heterocycles. The molecule has 1 atom stereocenters. The van der Waals surface area contributed by atoms with Gasteiger partial charge in [-0.15, -0.1) is 10.2 Å². The Balaban J connectivity index is 1.77. The molecule has 1 heterocycles. The van der Waals surface area contributed by atoms with Crippen molar-refractivity contribution >= 4 is 52.2 Å². The van der Waals surface area contributed by atoms with Crippen LogP contribution in [0.4, 0.5) is 5.69 Å². The van der Waals surface area contributed by atoms with E-state index in [4.69, 9.17) is 0 Å². The minimum absolute atomic E-state index is 0.0398. The van der Waals surface area contributed by atoms with Gasteiger partial charge < -0.3 is 5.32 Å². The molecule has 2 aromatic carbocycles. The highest BCUT2D eigenvalue weighted by molar-refractivity contribution is 8.03. The van der Waals surface area contributed by atoms with Gasteiger partial charge in [0.2, 0.25) is 5.91 Å². The molecule has 8 heteroatoms. The molecular weight excluding hydrogens is 434 g/mol. The maximum absolute atomic E-state index is 13.2. The molecule has 156 valence electrons. The number of unbranched alkanes of at least 4 members (excludes halogenated alkanes) is 1. The Bertz CT molecular complexity index is 992. The van der Waals surface area contributed by atoms with E-state index in [0.717, 1.165) is 32.8 Å². The molecule has 0 fully saturated rings. The first-order chi connectivity index (χ1) is 14.6. The molecule has 3 rings (SSSR count). The summed E-state index contributed by atoms with van der Waals surface area (Å²) in [5.74, 6) is 0.814. The van der Waals surface area contributed by atoms with Crippen molar-refractivity contribution in [2.75, 3.05) is 11.1 Å². The third-order valence-electron chi connectivity index (χ3n) is 4.21. The third-order valence-corrected chi connectivity index (χ3v) is 7.69. The third kappa shape index (κ3) is 6.42. The number of benzene rings is 2. The van der Waals surface area contributed by atoms with Gasteiger partial charge in [0.25, 0.3) is 0 Å². The van der Waals surface area contributed by atoms with Crippen LogP contribution in [0.5, 0.6) is 0 Å². The first kappa shape index (κ1) is 22.5. The first-order valence-electron chi connectivity index (χ1n) is 9.66. The zero-order valence-electron chi connectivity index (χ0n) is 16.8. The van der Waals surface area contributed by atoms with Crippen LogP contribution >= 0.6 is 34.9 Å². The molecule has 0 aliphatic rings. The van der Waals surface area contributed by atoms with Crippen molar-refractivity contribution in [3.8, 4) is 0 Å². The highest BCUT2D eigenvalue weighted by atomic mass is 32.2. The number of anilines is 1. The van der Waals surface area contributed by atoms with Crippen LogP contribution in [0, 0.1) is 0 Å². The molecule has 1 amide bonds. The van der Waals surface area contributed by atoms with E-state index < -0.39 is 5.25 Å². The van der Waals surface area contributed by atoms with E-state index in [9.17, 15) is 9.59 Å². The second-order valence-corrected chi connectivity index (χ2v) is 10.2. The highest BCUT2D eigenvalue weighted by Crippen LogP contribution is 2.39. The fraction of sp³-hybridized carbons (Fsp3) is 0.273. The van der Waals surface area contributed by atoms with Crippen LogP contribution in [0.25, 0.3) is 0 Å². The van der Waals surface area contributed by atoms with E-state index in [0.29, 0.717) is 11.3 Å². The van der Waals surface area contributed by atoms with Crippen LogP contribution < -0.4 is 5.32 Å². The van der Waals surface area contributed by atoms with Crippen LogP contribution in [0.2, 0.25) is 0 Å². The van der Waals surface area contributed by atoms with Crippen molar-refractivity contribution in [1.29, 1.82) is 0 Å². The number of nitrogens with zero attached hydrogens (tertiary/aromatic N) is 2. The predicted molar refractivity (Wildman–Crippen MR) is 126 cm³/mol. The molecular formula is C22H23N3O2S3. The largest absolute Gasteiger partial charge is 0.325 e. The van der Waals surface area contributed by atoms with Gasteiger partial charge in [-0.3, -0.25) is 9.59 Å². The minimum Gasteiger partial charge on any atom is -0.325 e. The smallest absolute Gasteiger partial charge is 0.242 e. The summed E-state index contributed by atoms with van der Waals surface area (Å²) >= 11 is 4.61.